The van der Waals surface area contributed by atoms with Crippen molar-refractivity contribution in [2.24, 2.45) is 0 Å². The zero-order valence-electron chi connectivity index (χ0n) is 19.6. The van der Waals surface area contributed by atoms with Crippen molar-refractivity contribution in [1.29, 1.82) is 0 Å². The van der Waals surface area contributed by atoms with E-state index < -0.39 is 15.7 Å². The molecule has 33 heavy (non-hydrogen) atoms. The van der Waals surface area contributed by atoms with E-state index >= 15 is 0 Å². The summed E-state index contributed by atoms with van der Waals surface area (Å²) >= 11 is 0. The lowest BCUT2D eigenvalue weighted by Gasteiger charge is -2.33. The smallest absolute Gasteiger partial charge is 0.255 e. The predicted molar refractivity (Wildman–Crippen MR) is 125 cm³/mol. The average molecular weight is 478 g/mol. The molecule has 0 aromatic heterocycles. The summed E-state index contributed by atoms with van der Waals surface area (Å²) in [6, 6.07) is 8.43. The second kappa shape index (κ2) is 10.3. The summed E-state index contributed by atoms with van der Waals surface area (Å²) in [4.78, 5) is 13.2. The summed E-state index contributed by atoms with van der Waals surface area (Å²) in [5.74, 6) is 1.36. The molecule has 1 aliphatic rings. The Morgan fingerprint density at radius 3 is 2.09 bits per heavy atom. The second-order valence-electron chi connectivity index (χ2n) is 8.06. The van der Waals surface area contributed by atoms with Crippen LogP contribution in [-0.2, 0) is 9.84 Å². The molecule has 1 N–H and O–H groups in total. The quantitative estimate of drug-likeness (QED) is 0.620. The molecule has 2 atom stereocenters. The summed E-state index contributed by atoms with van der Waals surface area (Å²) in [7, 11) is 2.37. The minimum atomic E-state index is -3.61. The molecular formula is C24H31NO7S. The number of carbonyl (C=O) groups is 1. The highest BCUT2D eigenvalue weighted by Crippen LogP contribution is 2.38. The maximum absolute atomic E-state index is 13.3. The Morgan fingerprint density at radius 1 is 0.848 bits per heavy atom. The number of sulfone groups is 1. The molecule has 180 valence electrons. The molecule has 8 nitrogen and oxygen atoms in total. The lowest BCUT2D eigenvalue weighted by atomic mass is 9.79. The molecule has 1 fully saturated rings. The summed E-state index contributed by atoms with van der Waals surface area (Å²) in [5.41, 5.74) is 1.20. The molecule has 9 heteroatoms. The summed E-state index contributed by atoms with van der Waals surface area (Å²) in [6.07, 6.45) is 4.84. The van der Waals surface area contributed by atoms with Gasteiger partial charge in [0, 0.05) is 24.3 Å². The van der Waals surface area contributed by atoms with Crippen molar-refractivity contribution in [3.8, 4) is 23.0 Å². The van der Waals surface area contributed by atoms with Gasteiger partial charge >= 0.3 is 0 Å². The Hall–Kier alpha value is -2.94. The number of ether oxygens (including phenoxy) is 4. The number of nitrogens with one attached hydrogen (secondary N) is 1. The molecule has 1 saturated carbocycles. The largest absolute Gasteiger partial charge is 0.496 e. The fraction of sp³-hybridized carbons (Fsp3) is 0.458. The number of carbonyl (C=O) groups excluding carboxylic acids is 1. The molecule has 1 amide bonds. The minimum absolute atomic E-state index is 0.0592. The topological polar surface area (TPSA) is 100 Å². The van der Waals surface area contributed by atoms with Crippen molar-refractivity contribution >= 4 is 15.7 Å². The summed E-state index contributed by atoms with van der Waals surface area (Å²) < 4.78 is 45.9. The fourth-order valence-corrected chi connectivity index (χ4v) is 5.21. The molecular weight excluding hydrogens is 446 g/mol. The monoisotopic (exact) mass is 477 g/mol. The van der Waals surface area contributed by atoms with Gasteiger partial charge in [-0.2, -0.15) is 0 Å². The van der Waals surface area contributed by atoms with Gasteiger partial charge in [-0.1, -0.05) is 18.9 Å². The third-order valence-electron chi connectivity index (χ3n) is 6.05. The molecule has 0 radical (unpaired) electrons. The predicted octanol–water partition coefficient (Wildman–Crippen LogP) is 3.58. The molecule has 0 bridgehead atoms. The minimum Gasteiger partial charge on any atom is -0.496 e. The van der Waals surface area contributed by atoms with E-state index in [9.17, 15) is 13.2 Å². The van der Waals surface area contributed by atoms with Crippen molar-refractivity contribution in [2.45, 2.75) is 42.5 Å². The van der Waals surface area contributed by atoms with Gasteiger partial charge in [-0.15, -0.1) is 0 Å². The molecule has 2 aromatic rings. The molecule has 0 saturated heterocycles. The molecule has 0 spiro atoms. The number of amides is 1. The van der Waals surface area contributed by atoms with E-state index in [1.54, 1.807) is 14.2 Å². The Kier molecular flexibility index (Phi) is 7.73. The van der Waals surface area contributed by atoms with Gasteiger partial charge in [0.1, 0.15) is 16.4 Å². The first-order valence-corrected chi connectivity index (χ1v) is 12.6. The van der Waals surface area contributed by atoms with Crippen molar-refractivity contribution in [3.05, 3.63) is 41.5 Å². The van der Waals surface area contributed by atoms with E-state index in [0.717, 1.165) is 37.5 Å². The van der Waals surface area contributed by atoms with Gasteiger partial charge in [0.15, 0.2) is 21.3 Å². The molecule has 2 aromatic carbocycles. The van der Waals surface area contributed by atoms with E-state index in [4.69, 9.17) is 18.9 Å². The van der Waals surface area contributed by atoms with Crippen molar-refractivity contribution in [3.63, 3.8) is 0 Å². The van der Waals surface area contributed by atoms with Crippen molar-refractivity contribution < 1.29 is 32.2 Å². The van der Waals surface area contributed by atoms with Crippen LogP contribution >= 0.6 is 0 Å². The lowest BCUT2D eigenvalue weighted by molar-refractivity contribution is 0.0917. The highest BCUT2D eigenvalue weighted by atomic mass is 32.2. The number of hydrogen-bond donors (Lipinski definition) is 1. The lowest BCUT2D eigenvalue weighted by Crippen LogP contribution is -2.41. The van der Waals surface area contributed by atoms with Crippen molar-refractivity contribution in [1.82, 2.24) is 5.32 Å². The van der Waals surface area contributed by atoms with E-state index in [0.29, 0.717) is 11.5 Å². The number of methoxy groups -OCH3 is 4. The van der Waals surface area contributed by atoms with Crippen LogP contribution in [0.3, 0.4) is 0 Å². The first kappa shape index (κ1) is 24.7. The number of hydrogen-bond acceptors (Lipinski definition) is 7. The van der Waals surface area contributed by atoms with Crippen LogP contribution in [0.1, 0.15) is 47.5 Å². The molecule has 2 unspecified atom stereocenters. The summed E-state index contributed by atoms with van der Waals surface area (Å²) in [5, 5.41) is 3.11. The normalized spacial score (nSPS) is 18.3. The Morgan fingerprint density at radius 2 is 1.48 bits per heavy atom. The van der Waals surface area contributed by atoms with Crippen LogP contribution in [-0.4, -0.2) is 55.1 Å². The van der Waals surface area contributed by atoms with Gasteiger partial charge in [0.25, 0.3) is 5.91 Å². The van der Waals surface area contributed by atoms with Crippen LogP contribution in [0.25, 0.3) is 0 Å². The van der Waals surface area contributed by atoms with Crippen molar-refractivity contribution in [2.75, 3.05) is 34.7 Å². The molecule has 0 aliphatic heterocycles. The van der Waals surface area contributed by atoms with E-state index in [2.05, 4.69) is 5.32 Å². The van der Waals surface area contributed by atoms with Crippen LogP contribution in [0.5, 0.6) is 23.0 Å². The first-order valence-electron chi connectivity index (χ1n) is 10.7. The maximum atomic E-state index is 13.3. The van der Waals surface area contributed by atoms with Crippen LogP contribution in [0.15, 0.2) is 35.2 Å². The van der Waals surface area contributed by atoms with Crippen LogP contribution in [0.2, 0.25) is 0 Å². The summed E-state index contributed by atoms with van der Waals surface area (Å²) in [6.45, 7) is 0. The standard InChI is InChI=1S/C24H31NO7S/c1-29-19-11-10-15(12-21(19)31-3)16-8-6-7-9-18(16)25-24(26)17-13-23(33(5,27)28)22(32-4)14-20(17)30-2/h10-14,16,18H,6-9H2,1-5H3,(H,25,26). The SMILES string of the molecule is COc1ccc(C2CCCCC2NC(=O)c2cc(S(C)(=O)=O)c(OC)cc2OC)cc1OC. The van der Waals surface area contributed by atoms with Gasteiger partial charge in [-0.25, -0.2) is 8.42 Å². The van der Waals surface area contributed by atoms with E-state index in [1.165, 1.54) is 26.4 Å². The first-order chi connectivity index (χ1) is 15.7. The Labute approximate surface area is 195 Å². The Balaban J connectivity index is 1.94. The van der Waals surface area contributed by atoms with E-state index in [-0.39, 0.29) is 33.9 Å². The van der Waals surface area contributed by atoms with Gasteiger partial charge in [-0.3, -0.25) is 4.79 Å². The second-order valence-corrected chi connectivity index (χ2v) is 10.0. The Bertz CT molecular complexity index is 1110. The van der Waals surface area contributed by atoms with Crippen LogP contribution in [0, 0.1) is 0 Å². The van der Waals surface area contributed by atoms with Gasteiger partial charge in [0.05, 0.1) is 34.0 Å². The number of rotatable bonds is 8. The van der Waals surface area contributed by atoms with Gasteiger partial charge in [-0.05, 0) is 36.6 Å². The maximum Gasteiger partial charge on any atom is 0.255 e. The highest BCUT2D eigenvalue weighted by molar-refractivity contribution is 7.90. The molecule has 1 aliphatic carbocycles. The highest BCUT2D eigenvalue weighted by Gasteiger charge is 2.30. The zero-order valence-corrected chi connectivity index (χ0v) is 20.5. The fourth-order valence-electron chi connectivity index (χ4n) is 4.37. The van der Waals surface area contributed by atoms with Gasteiger partial charge < -0.3 is 24.3 Å². The third kappa shape index (κ3) is 5.35. The van der Waals surface area contributed by atoms with E-state index in [1.807, 2.05) is 18.2 Å². The molecule has 0 heterocycles. The average Bonchev–Trinajstić information content (AvgIpc) is 2.82. The number of benzene rings is 2. The zero-order chi connectivity index (χ0) is 24.2. The van der Waals surface area contributed by atoms with Crippen LogP contribution in [0.4, 0.5) is 0 Å². The molecule has 3 rings (SSSR count). The van der Waals surface area contributed by atoms with Crippen LogP contribution < -0.4 is 24.3 Å². The van der Waals surface area contributed by atoms with Gasteiger partial charge in [0.2, 0.25) is 0 Å². The third-order valence-corrected chi connectivity index (χ3v) is 7.17.